The summed E-state index contributed by atoms with van der Waals surface area (Å²) < 4.78 is 19.5. The van der Waals surface area contributed by atoms with E-state index >= 15 is 0 Å². The quantitative estimate of drug-likeness (QED) is 0.922. The Bertz CT molecular complexity index is 672. The van der Waals surface area contributed by atoms with E-state index in [-0.39, 0.29) is 11.9 Å². The molecule has 108 valence electrons. The van der Waals surface area contributed by atoms with Gasteiger partial charge in [-0.3, -0.25) is 0 Å². The van der Waals surface area contributed by atoms with E-state index in [0.29, 0.717) is 29.0 Å². The molecule has 0 amide bonds. The summed E-state index contributed by atoms with van der Waals surface area (Å²) in [7, 11) is 0. The van der Waals surface area contributed by atoms with E-state index in [1.165, 1.54) is 6.07 Å². The number of nitriles is 1. The van der Waals surface area contributed by atoms with Crippen molar-refractivity contribution < 1.29 is 9.13 Å². The number of benzene rings is 2. The predicted octanol–water partition coefficient (Wildman–Crippen LogP) is 4.01. The summed E-state index contributed by atoms with van der Waals surface area (Å²) in [6.45, 7) is 3.47. The molecule has 0 radical (unpaired) electrons. The lowest BCUT2D eigenvalue weighted by Crippen LogP contribution is -2.08. The Morgan fingerprint density at radius 2 is 1.95 bits per heavy atom. The number of aryl methyl sites for hydroxylation is 1. The molecule has 4 heteroatoms. The van der Waals surface area contributed by atoms with E-state index in [1.807, 2.05) is 12.1 Å². The van der Waals surface area contributed by atoms with Crippen LogP contribution in [0.4, 0.5) is 4.39 Å². The summed E-state index contributed by atoms with van der Waals surface area (Å²) in [4.78, 5) is 0. The second-order valence-corrected chi connectivity index (χ2v) is 5.01. The van der Waals surface area contributed by atoms with Gasteiger partial charge in [0.25, 0.3) is 0 Å². The fourth-order valence-electron chi connectivity index (χ4n) is 2.01. The van der Waals surface area contributed by atoms with Crippen molar-refractivity contribution in [3.8, 4) is 17.6 Å². The molecule has 0 bridgehead atoms. The van der Waals surface area contributed by atoms with Crippen LogP contribution < -0.4 is 10.5 Å². The van der Waals surface area contributed by atoms with Gasteiger partial charge in [-0.15, -0.1) is 0 Å². The van der Waals surface area contributed by atoms with Crippen molar-refractivity contribution in [2.45, 2.75) is 26.3 Å². The number of ether oxygens (including phenoxy) is 1. The zero-order valence-corrected chi connectivity index (χ0v) is 12.1. The number of nitrogens with zero attached hydrogens (tertiary/aromatic N) is 1. The Morgan fingerprint density at radius 1 is 1.29 bits per heavy atom. The van der Waals surface area contributed by atoms with Crippen LogP contribution in [-0.2, 0) is 6.42 Å². The number of halogens is 1. The second-order valence-electron chi connectivity index (χ2n) is 5.01. The molecular formula is C17H17FN2O. The van der Waals surface area contributed by atoms with Crippen LogP contribution in [0.3, 0.4) is 0 Å². The Hall–Kier alpha value is -2.38. The third kappa shape index (κ3) is 3.59. The van der Waals surface area contributed by atoms with Crippen LogP contribution in [0.5, 0.6) is 11.5 Å². The standard InChI is InChI=1S/C17H17FN2O/c1-11-9-17(15(12(2)20)10-16(11)18)21-14-5-3-13(4-6-14)7-8-19/h3-6,9-10,12H,7,20H2,1-2H3. The molecule has 2 aromatic carbocycles. The smallest absolute Gasteiger partial charge is 0.132 e. The van der Waals surface area contributed by atoms with Crippen molar-refractivity contribution in [2.24, 2.45) is 5.73 Å². The van der Waals surface area contributed by atoms with Crippen molar-refractivity contribution in [1.29, 1.82) is 5.26 Å². The molecule has 0 heterocycles. The number of rotatable bonds is 4. The van der Waals surface area contributed by atoms with Gasteiger partial charge in [-0.05, 0) is 49.2 Å². The highest BCUT2D eigenvalue weighted by atomic mass is 19.1. The lowest BCUT2D eigenvalue weighted by Gasteiger charge is -2.15. The minimum absolute atomic E-state index is 0.293. The maximum atomic E-state index is 13.7. The van der Waals surface area contributed by atoms with Crippen molar-refractivity contribution >= 4 is 0 Å². The van der Waals surface area contributed by atoms with Crippen molar-refractivity contribution in [1.82, 2.24) is 0 Å². The normalized spacial score (nSPS) is 11.8. The van der Waals surface area contributed by atoms with Crippen molar-refractivity contribution in [2.75, 3.05) is 0 Å². The zero-order valence-electron chi connectivity index (χ0n) is 12.1. The topological polar surface area (TPSA) is 59.0 Å². The van der Waals surface area contributed by atoms with Crippen molar-refractivity contribution in [3.63, 3.8) is 0 Å². The van der Waals surface area contributed by atoms with Gasteiger partial charge in [0.15, 0.2) is 0 Å². The molecule has 2 N–H and O–H groups in total. The second kappa shape index (κ2) is 6.38. The molecule has 1 unspecified atom stereocenters. The number of nitrogens with two attached hydrogens (primary N) is 1. The summed E-state index contributed by atoms with van der Waals surface area (Å²) in [5.74, 6) is 0.889. The summed E-state index contributed by atoms with van der Waals surface area (Å²) in [5.41, 5.74) is 7.93. The maximum absolute atomic E-state index is 13.7. The highest BCUT2D eigenvalue weighted by molar-refractivity contribution is 5.43. The lowest BCUT2D eigenvalue weighted by molar-refractivity contribution is 0.468. The van der Waals surface area contributed by atoms with Gasteiger partial charge in [0.1, 0.15) is 17.3 Å². The fraction of sp³-hybridized carbons (Fsp3) is 0.235. The molecule has 0 aliphatic heterocycles. The van der Waals surface area contributed by atoms with Crippen LogP contribution in [-0.4, -0.2) is 0 Å². The third-order valence-electron chi connectivity index (χ3n) is 3.22. The molecule has 0 saturated heterocycles. The molecule has 0 aromatic heterocycles. The highest BCUT2D eigenvalue weighted by Crippen LogP contribution is 2.31. The van der Waals surface area contributed by atoms with Gasteiger partial charge in [0, 0.05) is 11.6 Å². The minimum atomic E-state index is -0.326. The van der Waals surface area contributed by atoms with E-state index in [0.717, 1.165) is 5.56 Å². The first-order valence-electron chi connectivity index (χ1n) is 6.70. The molecule has 2 rings (SSSR count). The Morgan fingerprint density at radius 3 is 2.52 bits per heavy atom. The lowest BCUT2D eigenvalue weighted by atomic mass is 10.0. The van der Waals surface area contributed by atoms with Gasteiger partial charge in [-0.25, -0.2) is 4.39 Å². The molecule has 0 spiro atoms. The summed E-state index contributed by atoms with van der Waals surface area (Å²) in [6.07, 6.45) is 0.362. The van der Waals surface area contributed by atoms with Gasteiger partial charge >= 0.3 is 0 Å². The monoisotopic (exact) mass is 284 g/mol. The summed E-state index contributed by atoms with van der Waals surface area (Å²) in [5, 5.41) is 8.65. The average Bonchev–Trinajstić information content (AvgIpc) is 2.44. The Labute approximate surface area is 123 Å². The van der Waals surface area contributed by atoms with E-state index in [2.05, 4.69) is 6.07 Å². The van der Waals surface area contributed by atoms with E-state index < -0.39 is 0 Å². The third-order valence-corrected chi connectivity index (χ3v) is 3.22. The van der Waals surface area contributed by atoms with Crippen LogP contribution in [0.25, 0.3) is 0 Å². The molecule has 0 fully saturated rings. The molecule has 0 aliphatic carbocycles. The largest absolute Gasteiger partial charge is 0.457 e. The first-order valence-corrected chi connectivity index (χ1v) is 6.70. The van der Waals surface area contributed by atoms with Crippen LogP contribution in [0.2, 0.25) is 0 Å². The van der Waals surface area contributed by atoms with E-state index in [4.69, 9.17) is 15.7 Å². The zero-order chi connectivity index (χ0) is 15.4. The molecule has 21 heavy (non-hydrogen) atoms. The van der Waals surface area contributed by atoms with E-state index in [1.54, 1.807) is 32.0 Å². The summed E-state index contributed by atoms with van der Waals surface area (Å²) >= 11 is 0. The van der Waals surface area contributed by atoms with E-state index in [9.17, 15) is 4.39 Å². The van der Waals surface area contributed by atoms with Crippen LogP contribution in [0, 0.1) is 24.1 Å². The van der Waals surface area contributed by atoms with Gasteiger partial charge in [0.2, 0.25) is 0 Å². The minimum Gasteiger partial charge on any atom is -0.457 e. The maximum Gasteiger partial charge on any atom is 0.132 e. The van der Waals surface area contributed by atoms with Crippen LogP contribution >= 0.6 is 0 Å². The van der Waals surface area contributed by atoms with Gasteiger partial charge in [-0.1, -0.05) is 12.1 Å². The van der Waals surface area contributed by atoms with Crippen molar-refractivity contribution in [3.05, 3.63) is 58.9 Å². The predicted molar refractivity (Wildman–Crippen MR) is 79.6 cm³/mol. The van der Waals surface area contributed by atoms with Gasteiger partial charge in [0.05, 0.1) is 12.5 Å². The average molecular weight is 284 g/mol. The molecule has 0 saturated carbocycles. The molecule has 1 atom stereocenters. The Kier molecular flexibility index (Phi) is 4.56. The summed E-state index contributed by atoms with van der Waals surface area (Å²) in [6, 6.07) is 12.1. The van der Waals surface area contributed by atoms with Gasteiger partial charge in [-0.2, -0.15) is 5.26 Å². The first-order chi connectivity index (χ1) is 10.0. The van der Waals surface area contributed by atoms with Crippen LogP contribution in [0.1, 0.15) is 29.7 Å². The molecule has 3 nitrogen and oxygen atoms in total. The SMILES string of the molecule is Cc1cc(Oc2ccc(CC#N)cc2)c(C(C)N)cc1F. The number of hydrogen-bond acceptors (Lipinski definition) is 3. The molecular weight excluding hydrogens is 267 g/mol. The fourth-order valence-corrected chi connectivity index (χ4v) is 2.01. The number of hydrogen-bond donors (Lipinski definition) is 1. The first kappa shape index (κ1) is 15.0. The van der Waals surface area contributed by atoms with Gasteiger partial charge < -0.3 is 10.5 Å². The Balaban J connectivity index is 2.30. The molecule has 0 aliphatic rings. The van der Waals surface area contributed by atoms with Crippen LogP contribution in [0.15, 0.2) is 36.4 Å². The molecule has 2 aromatic rings. The highest BCUT2D eigenvalue weighted by Gasteiger charge is 2.13.